The summed E-state index contributed by atoms with van der Waals surface area (Å²) in [6.45, 7) is 2.12. The number of ether oxygens (including phenoxy) is 2. The Morgan fingerprint density at radius 2 is 2.00 bits per heavy atom. The van der Waals surface area contributed by atoms with Gasteiger partial charge in [-0.1, -0.05) is 13.3 Å². The molecule has 84 valence electrons. The fourth-order valence-electron chi connectivity index (χ4n) is 1.60. The van der Waals surface area contributed by atoms with Gasteiger partial charge < -0.3 is 15.2 Å². The molecule has 0 fully saturated rings. The van der Waals surface area contributed by atoms with Crippen LogP contribution in [0.1, 0.15) is 31.4 Å². The van der Waals surface area contributed by atoms with Crippen molar-refractivity contribution >= 4 is 0 Å². The highest BCUT2D eigenvalue weighted by Gasteiger charge is 2.12. The van der Waals surface area contributed by atoms with Crippen molar-refractivity contribution in [2.24, 2.45) is 5.73 Å². The standard InChI is InChI=1S/C12H19NO2/c1-4-5-11(13)10-8-9(14-2)6-7-12(10)15-3/h6-8,11H,4-5,13H2,1-3H3/t11-/m0/s1. The Hall–Kier alpha value is -1.22. The maximum absolute atomic E-state index is 6.07. The van der Waals surface area contributed by atoms with E-state index >= 15 is 0 Å². The molecule has 1 atom stereocenters. The molecule has 0 radical (unpaired) electrons. The summed E-state index contributed by atoms with van der Waals surface area (Å²) in [6.07, 6.45) is 2.01. The van der Waals surface area contributed by atoms with Crippen molar-refractivity contribution in [3.8, 4) is 11.5 Å². The van der Waals surface area contributed by atoms with Gasteiger partial charge in [0, 0.05) is 11.6 Å². The number of methoxy groups -OCH3 is 2. The number of nitrogens with two attached hydrogens (primary N) is 1. The van der Waals surface area contributed by atoms with E-state index in [2.05, 4.69) is 6.92 Å². The molecule has 0 heterocycles. The highest BCUT2D eigenvalue weighted by Crippen LogP contribution is 2.30. The van der Waals surface area contributed by atoms with Crippen molar-refractivity contribution in [3.05, 3.63) is 23.8 Å². The second-order valence-corrected chi connectivity index (χ2v) is 3.50. The predicted molar refractivity (Wildman–Crippen MR) is 61.4 cm³/mol. The van der Waals surface area contributed by atoms with E-state index in [1.165, 1.54) is 0 Å². The molecule has 0 aromatic heterocycles. The van der Waals surface area contributed by atoms with Crippen LogP contribution < -0.4 is 15.2 Å². The maximum Gasteiger partial charge on any atom is 0.123 e. The molecule has 2 N–H and O–H groups in total. The Morgan fingerprint density at radius 1 is 1.27 bits per heavy atom. The molecule has 0 aliphatic carbocycles. The highest BCUT2D eigenvalue weighted by molar-refractivity contribution is 5.42. The van der Waals surface area contributed by atoms with E-state index in [9.17, 15) is 0 Å². The minimum atomic E-state index is 0.0139. The summed E-state index contributed by atoms with van der Waals surface area (Å²) in [5, 5.41) is 0. The van der Waals surface area contributed by atoms with Crippen LogP contribution in [0.5, 0.6) is 11.5 Å². The summed E-state index contributed by atoms with van der Waals surface area (Å²) in [7, 11) is 3.31. The first kappa shape index (κ1) is 11.9. The largest absolute Gasteiger partial charge is 0.497 e. The summed E-state index contributed by atoms with van der Waals surface area (Å²) in [5.41, 5.74) is 7.08. The van der Waals surface area contributed by atoms with Gasteiger partial charge in [-0.15, -0.1) is 0 Å². The van der Waals surface area contributed by atoms with Crippen LogP contribution in [-0.2, 0) is 0 Å². The fourth-order valence-corrected chi connectivity index (χ4v) is 1.60. The van der Waals surface area contributed by atoms with Gasteiger partial charge in [-0.3, -0.25) is 0 Å². The van der Waals surface area contributed by atoms with Crippen LogP contribution in [0.25, 0.3) is 0 Å². The Morgan fingerprint density at radius 3 is 2.53 bits per heavy atom. The number of hydrogen-bond acceptors (Lipinski definition) is 3. The molecule has 1 rings (SSSR count). The van der Waals surface area contributed by atoms with Gasteiger partial charge in [0.25, 0.3) is 0 Å². The lowest BCUT2D eigenvalue weighted by Gasteiger charge is -2.15. The zero-order valence-corrected chi connectivity index (χ0v) is 9.62. The normalized spacial score (nSPS) is 12.3. The molecule has 15 heavy (non-hydrogen) atoms. The minimum absolute atomic E-state index is 0.0139. The molecule has 1 aromatic carbocycles. The van der Waals surface area contributed by atoms with E-state index in [0.29, 0.717) is 0 Å². The third-order valence-electron chi connectivity index (χ3n) is 2.44. The lowest BCUT2D eigenvalue weighted by molar-refractivity contribution is 0.394. The SMILES string of the molecule is CCC[C@H](N)c1cc(OC)ccc1OC. The minimum Gasteiger partial charge on any atom is -0.497 e. The van der Waals surface area contributed by atoms with Crippen LogP contribution in [0.2, 0.25) is 0 Å². The first-order valence-electron chi connectivity index (χ1n) is 5.20. The Balaban J connectivity index is 3.00. The molecule has 0 spiro atoms. The van der Waals surface area contributed by atoms with E-state index in [-0.39, 0.29) is 6.04 Å². The molecule has 3 heteroatoms. The first-order valence-corrected chi connectivity index (χ1v) is 5.20. The van der Waals surface area contributed by atoms with Crippen LogP contribution >= 0.6 is 0 Å². The number of rotatable bonds is 5. The molecular weight excluding hydrogens is 190 g/mol. The molecule has 3 nitrogen and oxygen atoms in total. The Labute approximate surface area is 91.2 Å². The fraction of sp³-hybridized carbons (Fsp3) is 0.500. The second kappa shape index (κ2) is 5.61. The van der Waals surface area contributed by atoms with Gasteiger partial charge >= 0.3 is 0 Å². The maximum atomic E-state index is 6.07. The lowest BCUT2D eigenvalue weighted by atomic mass is 10.0. The molecular formula is C12H19NO2. The van der Waals surface area contributed by atoms with E-state index in [1.807, 2.05) is 18.2 Å². The number of benzene rings is 1. The topological polar surface area (TPSA) is 44.5 Å². The smallest absolute Gasteiger partial charge is 0.123 e. The second-order valence-electron chi connectivity index (χ2n) is 3.50. The summed E-state index contributed by atoms with van der Waals surface area (Å²) >= 11 is 0. The van der Waals surface area contributed by atoms with Crippen LogP contribution in [-0.4, -0.2) is 14.2 Å². The molecule has 0 saturated carbocycles. The predicted octanol–water partition coefficient (Wildman–Crippen LogP) is 2.50. The summed E-state index contributed by atoms with van der Waals surface area (Å²) in [6, 6.07) is 5.73. The van der Waals surface area contributed by atoms with E-state index in [4.69, 9.17) is 15.2 Å². The van der Waals surface area contributed by atoms with E-state index < -0.39 is 0 Å². The summed E-state index contributed by atoms with van der Waals surface area (Å²) < 4.78 is 10.4. The zero-order valence-electron chi connectivity index (χ0n) is 9.62. The molecule has 0 unspecified atom stereocenters. The van der Waals surface area contributed by atoms with Crippen LogP contribution in [0, 0.1) is 0 Å². The van der Waals surface area contributed by atoms with Crippen molar-refractivity contribution in [3.63, 3.8) is 0 Å². The zero-order chi connectivity index (χ0) is 11.3. The first-order chi connectivity index (χ1) is 7.22. The molecule has 1 aromatic rings. The van der Waals surface area contributed by atoms with Gasteiger partial charge in [-0.2, -0.15) is 0 Å². The van der Waals surface area contributed by atoms with Crippen molar-refractivity contribution < 1.29 is 9.47 Å². The van der Waals surface area contributed by atoms with Gasteiger partial charge in [-0.05, 0) is 24.6 Å². The quantitative estimate of drug-likeness (QED) is 0.810. The third-order valence-corrected chi connectivity index (χ3v) is 2.44. The van der Waals surface area contributed by atoms with Crippen molar-refractivity contribution in [1.29, 1.82) is 0 Å². The van der Waals surface area contributed by atoms with Crippen LogP contribution in [0.3, 0.4) is 0 Å². The molecule has 0 saturated heterocycles. The van der Waals surface area contributed by atoms with Crippen molar-refractivity contribution in [2.75, 3.05) is 14.2 Å². The molecule has 0 amide bonds. The summed E-state index contributed by atoms with van der Waals surface area (Å²) in [4.78, 5) is 0. The van der Waals surface area contributed by atoms with E-state index in [1.54, 1.807) is 14.2 Å². The van der Waals surface area contributed by atoms with E-state index in [0.717, 1.165) is 29.9 Å². The average Bonchev–Trinajstić information content (AvgIpc) is 2.28. The van der Waals surface area contributed by atoms with Crippen molar-refractivity contribution in [2.45, 2.75) is 25.8 Å². The van der Waals surface area contributed by atoms with Gasteiger partial charge in [0.15, 0.2) is 0 Å². The Kier molecular flexibility index (Phi) is 4.43. The summed E-state index contributed by atoms with van der Waals surface area (Å²) in [5.74, 6) is 1.65. The van der Waals surface area contributed by atoms with Crippen LogP contribution in [0.4, 0.5) is 0 Å². The average molecular weight is 209 g/mol. The third kappa shape index (κ3) is 2.86. The molecule has 0 aliphatic rings. The van der Waals surface area contributed by atoms with Gasteiger partial charge in [-0.25, -0.2) is 0 Å². The molecule has 0 bridgehead atoms. The Bertz CT molecular complexity index is 312. The lowest BCUT2D eigenvalue weighted by Crippen LogP contribution is -2.11. The van der Waals surface area contributed by atoms with Gasteiger partial charge in [0.05, 0.1) is 14.2 Å². The van der Waals surface area contributed by atoms with Gasteiger partial charge in [0.2, 0.25) is 0 Å². The molecule has 0 aliphatic heterocycles. The monoisotopic (exact) mass is 209 g/mol. The van der Waals surface area contributed by atoms with Crippen molar-refractivity contribution in [1.82, 2.24) is 0 Å². The number of hydrogen-bond donors (Lipinski definition) is 1. The van der Waals surface area contributed by atoms with Crippen LogP contribution in [0.15, 0.2) is 18.2 Å². The van der Waals surface area contributed by atoms with Gasteiger partial charge in [0.1, 0.15) is 11.5 Å². The highest BCUT2D eigenvalue weighted by atomic mass is 16.5.